The lowest BCUT2D eigenvalue weighted by molar-refractivity contribution is -0.274. The fourth-order valence-corrected chi connectivity index (χ4v) is 2.47. The SMILES string of the molecule is CCCNc1ncc(-c2ccccc2OC(F)(F)F)s1. The largest absolute Gasteiger partial charge is 0.573 e. The summed E-state index contributed by atoms with van der Waals surface area (Å²) in [6, 6.07) is 6.04. The number of ether oxygens (including phenoxy) is 1. The molecule has 0 unspecified atom stereocenters. The van der Waals surface area contributed by atoms with E-state index in [1.807, 2.05) is 6.92 Å². The van der Waals surface area contributed by atoms with E-state index in [0.717, 1.165) is 13.0 Å². The van der Waals surface area contributed by atoms with Crippen molar-refractivity contribution in [2.24, 2.45) is 0 Å². The maximum Gasteiger partial charge on any atom is 0.573 e. The van der Waals surface area contributed by atoms with Gasteiger partial charge in [0.05, 0.1) is 4.88 Å². The third kappa shape index (κ3) is 3.86. The highest BCUT2D eigenvalue weighted by Gasteiger charge is 2.32. The predicted octanol–water partition coefficient (Wildman–Crippen LogP) is 4.53. The highest BCUT2D eigenvalue weighted by Crippen LogP contribution is 2.37. The van der Waals surface area contributed by atoms with Crippen molar-refractivity contribution in [3.8, 4) is 16.2 Å². The van der Waals surface area contributed by atoms with Gasteiger partial charge in [0.25, 0.3) is 0 Å². The normalized spacial score (nSPS) is 11.4. The fourth-order valence-electron chi connectivity index (χ4n) is 1.60. The van der Waals surface area contributed by atoms with Gasteiger partial charge in [-0.15, -0.1) is 13.2 Å². The van der Waals surface area contributed by atoms with Gasteiger partial charge in [0.1, 0.15) is 5.75 Å². The van der Waals surface area contributed by atoms with E-state index in [2.05, 4.69) is 15.0 Å². The molecular formula is C13H13F3N2OS. The zero-order valence-corrected chi connectivity index (χ0v) is 11.5. The standard InChI is InChI=1S/C13H13F3N2OS/c1-2-7-17-12-18-8-11(20-12)9-5-3-4-6-10(9)19-13(14,15)16/h3-6,8H,2,7H2,1H3,(H,17,18). The van der Waals surface area contributed by atoms with Crippen LogP contribution in [0.5, 0.6) is 5.75 Å². The van der Waals surface area contributed by atoms with Crippen molar-refractivity contribution >= 4 is 16.5 Å². The molecule has 108 valence electrons. The zero-order chi connectivity index (χ0) is 14.6. The molecule has 1 heterocycles. The number of benzene rings is 1. The first-order chi connectivity index (χ1) is 9.49. The molecule has 2 rings (SSSR count). The molecule has 0 amide bonds. The Hall–Kier alpha value is -1.76. The third-order valence-corrected chi connectivity index (χ3v) is 3.40. The summed E-state index contributed by atoms with van der Waals surface area (Å²) in [5, 5.41) is 3.78. The number of para-hydroxylation sites is 1. The van der Waals surface area contributed by atoms with Gasteiger partial charge in [0, 0.05) is 18.3 Å². The summed E-state index contributed by atoms with van der Waals surface area (Å²) >= 11 is 1.30. The van der Waals surface area contributed by atoms with E-state index < -0.39 is 6.36 Å². The van der Waals surface area contributed by atoms with Crippen LogP contribution >= 0.6 is 11.3 Å². The van der Waals surface area contributed by atoms with Gasteiger partial charge in [-0.3, -0.25) is 0 Å². The smallest absolute Gasteiger partial charge is 0.405 e. The Balaban J connectivity index is 2.26. The van der Waals surface area contributed by atoms with E-state index >= 15 is 0 Å². The molecule has 1 aromatic heterocycles. The lowest BCUT2D eigenvalue weighted by Gasteiger charge is -2.11. The first-order valence-electron chi connectivity index (χ1n) is 6.04. The van der Waals surface area contributed by atoms with Crippen LogP contribution in [-0.4, -0.2) is 17.9 Å². The molecule has 0 bridgehead atoms. The Morgan fingerprint density at radius 2 is 2.05 bits per heavy atom. The number of hydrogen-bond donors (Lipinski definition) is 1. The summed E-state index contributed by atoms with van der Waals surface area (Å²) in [4.78, 5) is 4.77. The van der Waals surface area contributed by atoms with Gasteiger partial charge in [-0.05, 0) is 18.6 Å². The van der Waals surface area contributed by atoms with Crippen LogP contribution in [0.15, 0.2) is 30.5 Å². The second-order valence-electron chi connectivity index (χ2n) is 4.00. The van der Waals surface area contributed by atoms with Crippen molar-refractivity contribution in [2.75, 3.05) is 11.9 Å². The summed E-state index contributed by atoms with van der Waals surface area (Å²) < 4.78 is 41.1. The molecule has 2 aromatic rings. The number of nitrogens with zero attached hydrogens (tertiary/aromatic N) is 1. The number of thiazole rings is 1. The molecule has 0 aliphatic rings. The van der Waals surface area contributed by atoms with Crippen LogP contribution in [0.25, 0.3) is 10.4 Å². The number of nitrogens with one attached hydrogen (secondary N) is 1. The van der Waals surface area contributed by atoms with Gasteiger partial charge >= 0.3 is 6.36 Å². The highest BCUT2D eigenvalue weighted by atomic mass is 32.1. The summed E-state index contributed by atoms with van der Waals surface area (Å²) in [5.74, 6) is -0.217. The lowest BCUT2D eigenvalue weighted by atomic mass is 10.2. The molecule has 0 aliphatic heterocycles. The molecule has 0 saturated heterocycles. The Morgan fingerprint density at radius 3 is 2.75 bits per heavy atom. The average Bonchev–Trinajstić information content (AvgIpc) is 2.83. The maximum absolute atomic E-state index is 12.4. The number of aromatic nitrogens is 1. The minimum absolute atomic E-state index is 0.217. The first-order valence-corrected chi connectivity index (χ1v) is 6.86. The van der Waals surface area contributed by atoms with Crippen LogP contribution in [0.2, 0.25) is 0 Å². The summed E-state index contributed by atoms with van der Waals surface area (Å²) in [6.45, 7) is 2.79. The molecule has 0 fully saturated rings. The van der Waals surface area contributed by atoms with Crippen molar-refractivity contribution in [1.29, 1.82) is 0 Å². The van der Waals surface area contributed by atoms with Gasteiger partial charge in [-0.2, -0.15) is 0 Å². The molecule has 3 nitrogen and oxygen atoms in total. The number of hydrogen-bond acceptors (Lipinski definition) is 4. The molecule has 0 atom stereocenters. The Bertz CT molecular complexity index is 569. The Morgan fingerprint density at radius 1 is 1.30 bits per heavy atom. The van der Waals surface area contributed by atoms with E-state index in [9.17, 15) is 13.2 Å². The Labute approximate surface area is 118 Å². The predicted molar refractivity (Wildman–Crippen MR) is 73.0 cm³/mol. The van der Waals surface area contributed by atoms with Crippen molar-refractivity contribution in [2.45, 2.75) is 19.7 Å². The maximum atomic E-state index is 12.4. The molecule has 20 heavy (non-hydrogen) atoms. The number of alkyl halides is 3. The average molecular weight is 302 g/mol. The third-order valence-electron chi connectivity index (χ3n) is 2.41. The van der Waals surface area contributed by atoms with Crippen LogP contribution < -0.4 is 10.1 Å². The lowest BCUT2D eigenvalue weighted by Crippen LogP contribution is -2.17. The minimum Gasteiger partial charge on any atom is -0.405 e. The Kier molecular flexibility index (Phi) is 4.49. The van der Waals surface area contributed by atoms with Crippen molar-refractivity contribution < 1.29 is 17.9 Å². The fraction of sp³-hybridized carbons (Fsp3) is 0.308. The number of anilines is 1. The summed E-state index contributed by atoms with van der Waals surface area (Å²) in [6.07, 6.45) is -2.21. The van der Waals surface area contributed by atoms with Gasteiger partial charge in [0.2, 0.25) is 0 Å². The van der Waals surface area contributed by atoms with Gasteiger partial charge < -0.3 is 10.1 Å². The summed E-state index contributed by atoms with van der Waals surface area (Å²) in [7, 11) is 0. The van der Waals surface area contributed by atoms with E-state index in [1.165, 1.54) is 23.5 Å². The number of halogens is 3. The second-order valence-corrected chi connectivity index (χ2v) is 5.03. The van der Waals surface area contributed by atoms with Crippen molar-refractivity contribution in [3.63, 3.8) is 0 Å². The highest BCUT2D eigenvalue weighted by molar-refractivity contribution is 7.18. The van der Waals surface area contributed by atoms with Crippen LogP contribution in [0.1, 0.15) is 13.3 Å². The summed E-state index contributed by atoms with van der Waals surface area (Å²) in [5.41, 5.74) is 0.381. The molecule has 7 heteroatoms. The van der Waals surface area contributed by atoms with Crippen LogP contribution in [0.3, 0.4) is 0 Å². The first kappa shape index (κ1) is 14.6. The van der Waals surface area contributed by atoms with Crippen molar-refractivity contribution in [1.82, 2.24) is 4.98 Å². The monoisotopic (exact) mass is 302 g/mol. The zero-order valence-electron chi connectivity index (χ0n) is 10.7. The molecule has 0 aliphatic carbocycles. The van der Waals surface area contributed by atoms with E-state index in [4.69, 9.17) is 0 Å². The van der Waals surface area contributed by atoms with Crippen LogP contribution in [-0.2, 0) is 0 Å². The van der Waals surface area contributed by atoms with Gasteiger partial charge in [-0.25, -0.2) is 4.98 Å². The van der Waals surface area contributed by atoms with E-state index in [1.54, 1.807) is 18.3 Å². The van der Waals surface area contributed by atoms with Crippen molar-refractivity contribution in [3.05, 3.63) is 30.5 Å². The van der Waals surface area contributed by atoms with E-state index in [0.29, 0.717) is 15.6 Å². The van der Waals surface area contributed by atoms with Gasteiger partial charge in [0.15, 0.2) is 5.13 Å². The molecule has 0 saturated carbocycles. The minimum atomic E-state index is -4.70. The quantitative estimate of drug-likeness (QED) is 0.881. The van der Waals surface area contributed by atoms with E-state index in [-0.39, 0.29) is 5.75 Å². The molecule has 0 radical (unpaired) electrons. The second kappa shape index (κ2) is 6.13. The number of rotatable bonds is 5. The van der Waals surface area contributed by atoms with Crippen LogP contribution in [0, 0.1) is 0 Å². The van der Waals surface area contributed by atoms with Gasteiger partial charge in [-0.1, -0.05) is 30.4 Å². The molecular weight excluding hydrogens is 289 g/mol. The molecule has 1 aromatic carbocycles. The topological polar surface area (TPSA) is 34.2 Å². The molecule has 1 N–H and O–H groups in total. The molecule has 0 spiro atoms. The van der Waals surface area contributed by atoms with Crippen LogP contribution in [0.4, 0.5) is 18.3 Å².